The Hall–Kier alpha value is -3.31. The fraction of sp³-hybridized carbons (Fsp3) is 0.391. The molecule has 0 spiro atoms. The third-order valence-electron chi connectivity index (χ3n) is 5.60. The predicted octanol–water partition coefficient (Wildman–Crippen LogP) is 3.37. The van der Waals surface area contributed by atoms with Crippen LogP contribution in [0.5, 0.6) is 0 Å². The largest absolute Gasteiger partial charge is 0.452 e. The van der Waals surface area contributed by atoms with Gasteiger partial charge in [-0.2, -0.15) is 4.31 Å². The zero-order chi connectivity index (χ0) is 25.0. The smallest absolute Gasteiger partial charge is 0.345 e. The SMILES string of the molecule is Cc1cccc([N+](=O)[O-])c1C(=O)OCC(=O)Nc1ccc(S(=O)(=O)N2CC(C)CC(C)C2)cc1. The first-order valence-electron chi connectivity index (χ1n) is 10.8. The number of ether oxygens (including phenoxy) is 1. The summed E-state index contributed by atoms with van der Waals surface area (Å²) in [7, 11) is -3.64. The van der Waals surface area contributed by atoms with Crippen LogP contribution in [0.1, 0.15) is 36.2 Å². The number of benzene rings is 2. The van der Waals surface area contributed by atoms with Gasteiger partial charge in [0, 0.05) is 24.8 Å². The first-order valence-corrected chi connectivity index (χ1v) is 12.2. The lowest BCUT2D eigenvalue weighted by atomic mass is 9.94. The van der Waals surface area contributed by atoms with Crippen LogP contribution in [0.4, 0.5) is 11.4 Å². The third kappa shape index (κ3) is 5.78. The van der Waals surface area contributed by atoms with Crippen molar-refractivity contribution in [2.75, 3.05) is 25.0 Å². The highest BCUT2D eigenvalue weighted by Gasteiger charge is 2.31. The number of anilines is 1. The summed E-state index contributed by atoms with van der Waals surface area (Å²) >= 11 is 0. The van der Waals surface area contributed by atoms with Gasteiger partial charge in [0.05, 0.1) is 9.82 Å². The Kier molecular flexibility index (Phi) is 7.68. The van der Waals surface area contributed by atoms with Gasteiger partial charge in [-0.1, -0.05) is 26.0 Å². The number of aryl methyl sites for hydroxylation is 1. The van der Waals surface area contributed by atoms with E-state index >= 15 is 0 Å². The number of hydrogen-bond donors (Lipinski definition) is 1. The second-order valence-electron chi connectivity index (χ2n) is 8.64. The summed E-state index contributed by atoms with van der Waals surface area (Å²) in [6, 6.07) is 9.91. The Bertz CT molecular complexity index is 1190. The van der Waals surface area contributed by atoms with Crippen molar-refractivity contribution in [2.45, 2.75) is 32.1 Å². The van der Waals surface area contributed by atoms with Crippen molar-refractivity contribution < 1.29 is 27.7 Å². The molecule has 182 valence electrons. The zero-order valence-electron chi connectivity index (χ0n) is 19.2. The van der Waals surface area contributed by atoms with Crippen molar-refractivity contribution in [3.05, 3.63) is 63.7 Å². The molecule has 1 fully saturated rings. The van der Waals surface area contributed by atoms with Crippen LogP contribution in [0.2, 0.25) is 0 Å². The lowest BCUT2D eigenvalue weighted by Gasteiger charge is -2.34. The van der Waals surface area contributed by atoms with Crippen molar-refractivity contribution in [3.63, 3.8) is 0 Å². The third-order valence-corrected chi connectivity index (χ3v) is 7.44. The molecule has 2 unspecified atom stereocenters. The van der Waals surface area contributed by atoms with Gasteiger partial charge in [0.2, 0.25) is 10.0 Å². The number of nitro benzene ring substituents is 1. The minimum atomic E-state index is -3.64. The zero-order valence-corrected chi connectivity index (χ0v) is 20.0. The second-order valence-corrected chi connectivity index (χ2v) is 10.6. The van der Waals surface area contributed by atoms with Crippen molar-refractivity contribution >= 4 is 33.3 Å². The van der Waals surface area contributed by atoms with Crippen LogP contribution < -0.4 is 5.32 Å². The van der Waals surface area contributed by atoms with E-state index in [4.69, 9.17) is 4.74 Å². The highest BCUT2D eigenvalue weighted by molar-refractivity contribution is 7.89. The molecule has 11 heteroatoms. The van der Waals surface area contributed by atoms with Gasteiger partial charge in [-0.25, -0.2) is 13.2 Å². The molecule has 1 aliphatic rings. The van der Waals surface area contributed by atoms with Crippen molar-refractivity contribution in [1.29, 1.82) is 0 Å². The average molecular weight is 490 g/mol. The van der Waals surface area contributed by atoms with E-state index in [0.29, 0.717) is 24.3 Å². The van der Waals surface area contributed by atoms with Crippen LogP contribution >= 0.6 is 0 Å². The number of nitrogens with zero attached hydrogens (tertiary/aromatic N) is 2. The molecule has 2 aromatic rings. The summed E-state index contributed by atoms with van der Waals surface area (Å²) in [4.78, 5) is 35.1. The van der Waals surface area contributed by atoms with E-state index in [1.54, 1.807) is 0 Å². The molecule has 1 heterocycles. The van der Waals surface area contributed by atoms with Crippen molar-refractivity contribution in [2.24, 2.45) is 11.8 Å². The molecule has 0 radical (unpaired) electrons. The van der Waals surface area contributed by atoms with Crippen LogP contribution in [-0.2, 0) is 19.6 Å². The fourth-order valence-electron chi connectivity index (χ4n) is 4.13. The van der Waals surface area contributed by atoms with Crippen LogP contribution in [0, 0.1) is 28.9 Å². The molecular formula is C23H27N3O7S. The number of piperidine rings is 1. The van der Waals surface area contributed by atoms with Gasteiger partial charge in [-0.3, -0.25) is 14.9 Å². The number of nitrogens with one attached hydrogen (secondary N) is 1. The topological polar surface area (TPSA) is 136 Å². The molecule has 1 amide bonds. The van der Waals surface area contributed by atoms with E-state index in [0.717, 1.165) is 6.42 Å². The molecule has 1 aliphatic heterocycles. The minimum Gasteiger partial charge on any atom is -0.452 e. The lowest BCUT2D eigenvalue weighted by Crippen LogP contribution is -2.42. The molecule has 0 saturated carbocycles. The van der Waals surface area contributed by atoms with Gasteiger partial charge in [-0.05, 0) is 55.0 Å². The first-order chi connectivity index (χ1) is 16.0. The van der Waals surface area contributed by atoms with Crippen LogP contribution in [-0.4, -0.2) is 49.2 Å². The van der Waals surface area contributed by atoms with Gasteiger partial charge >= 0.3 is 5.97 Å². The van der Waals surface area contributed by atoms with Gasteiger partial charge in [0.15, 0.2) is 6.61 Å². The van der Waals surface area contributed by atoms with Gasteiger partial charge < -0.3 is 10.1 Å². The van der Waals surface area contributed by atoms with E-state index in [2.05, 4.69) is 5.32 Å². The molecule has 1 N–H and O–H groups in total. The van der Waals surface area contributed by atoms with Gasteiger partial charge in [0.25, 0.3) is 11.6 Å². The van der Waals surface area contributed by atoms with Gasteiger partial charge in [0.1, 0.15) is 5.56 Å². The maximum Gasteiger partial charge on any atom is 0.345 e. The predicted molar refractivity (Wildman–Crippen MR) is 125 cm³/mol. The maximum absolute atomic E-state index is 13.0. The summed E-state index contributed by atoms with van der Waals surface area (Å²) in [5, 5.41) is 13.7. The molecule has 34 heavy (non-hydrogen) atoms. The fourth-order valence-corrected chi connectivity index (χ4v) is 5.81. The summed E-state index contributed by atoms with van der Waals surface area (Å²) < 4.78 is 32.4. The number of carbonyl (C=O) groups is 2. The highest BCUT2D eigenvalue weighted by atomic mass is 32.2. The standard InChI is InChI=1S/C23H27N3O7S/c1-15-11-16(2)13-25(12-15)34(31,32)19-9-7-18(8-10-19)24-21(27)14-33-23(28)22-17(3)5-4-6-20(22)26(29)30/h4-10,15-16H,11-14H2,1-3H3,(H,24,27). The summed E-state index contributed by atoms with van der Waals surface area (Å²) in [6.07, 6.45) is 0.985. The van der Waals surface area contributed by atoms with Crippen LogP contribution in [0.3, 0.4) is 0 Å². The monoisotopic (exact) mass is 489 g/mol. The molecule has 2 atom stereocenters. The number of carbonyl (C=O) groups excluding carboxylic acids is 2. The molecule has 2 aromatic carbocycles. The number of nitro groups is 1. The number of esters is 1. The number of hydrogen-bond acceptors (Lipinski definition) is 7. The molecule has 0 aliphatic carbocycles. The highest BCUT2D eigenvalue weighted by Crippen LogP contribution is 2.27. The van der Waals surface area contributed by atoms with Crippen LogP contribution in [0.15, 0.2) is 47.4 Å². The summed E-state index contributed by atoms with van der Waals surface area (Å²) in [5.41, 5.74) is 0.0621. The van der Waals surface area contributed by atoms with Gasteiger partial charge in [-0.15, -0.1) is 0 Å². The Balaban J connectivity index is 1.61. The molecule has 10 nitrogen and oxygen atoms in total. The van der Waals surface area contributed by atoms with Crippen molar-refractivity contribution in [3.8, 4) is 0 Å². The molecule has 0 bridgehead atoms. The molecule has 0 aromatic heterocycles. The first kappa shape index (κ1) is 25.3. The van der Waals surface area contributed by atoms with Crippen molar-refractivity contribution in [1.82, 2.24) is 4.31 Å². The van der Waals surface area contributed by atoms with E-state index in [1.807, 2.05) is 13.8 Å². The van der Waals surface area contributed by atoms with E-state index in [9.17, 15) is 28.1 Å². The number of rotatable bonds is 7. The number of sulfonamides is 1. The second kappa shape index (κ2) is 10.3. The minimum absolute atomic E-state index is 0.130. The lowest BCUT2D eigenvalue weighted by molar-refractivity contribution is -0.385. The molecular weight excluding hydrogens is 462 g/mol. The Morgan fingerprint density at radius 3 is 2.32 bits per heavy atom. The summed E-state index contributed by atoms with van der Waals surface area (Å²) in [5.74, 6) is -1.09. The quantitative estimate of drug-likeness (QED) is 0.358. The van der Waals surface area contributed by atoms with Crippen LogP contribution in [0.25, 0.3) is 0 Å². The van der Waals surface area contributed by atoms with E-state index in [-0.39, 0.29) is 22.3 Å². The molecule has 3 rings (SSSR count). The average Bonchev–Trinajstić information content (AvgIpc) is 2.77. The maximum atomic E-state index is 13.0. The van der Waals surface area contributed by atoms with E-state index in [1.165, 1.54) is 53.7 Å². The normalized spacial score (nSPS) is 18.8. The van der Waals surface area contributed by atoms with E-state index < -0.39 is 39.1 Å². The Morgan fingerprint density at radius 2 is 1.74 bits per heavy atom. The molecule has 1 saturated heterocycles. The Morgan fingerprint density at radius 1 is 1.12 bits per heavy atom. The Labute approximate surface area is 198 Å². The summed E-state index contributed by atoms with van der Waals surface area (Å²) in [6.45, 7) is 5.87. The number of amides is 1.